The summed E-state index contributed by atoms with van der Waals surface area (Å²) in [5.74, 6) is 1.17. The minimum atomic E-state index is 0. The summed E-state index contributed by atoms with van der Waals surface area (Å²) < 4.78 is 0. The molecule has 6 aromatic carbocycles. The van der Waals surface area contributed by atoms with Crippen LogP contribution in [0.15, 0.2) is 121 Å². The van der Waals surface area contributed by atoms with Crippen LogP contribution < -0.4 is 0 Å². The second-order valence-corrected chi connectivity index (χ2v) is 10.2. The summed E-state index contributed by atoms with van der Waals surface area (Å²) >= 11 is 1.36. The number of hydrogen-bond donors (Lipinski definition) is 0. The van der Waals surface area contributed by atoms with Crippen LogP contribution in [0.3, 0.4) is 0 Å². The number of hydrogen-bond acceptors (Lipinski definition) is 0. The molecule has 0 spiro atoms. The second-order valence-electron chi connectivity index (χ2n) is 10.2. The van der Waals surface area contributed by atoms with E-state index in [2.05, 4.69) is 156 Å². The summed E-state index contributed by atoms with van der Waals surface area (Å²) in [5.41, 5.74) is 8.11. The van der Waals surface area contributed by atoms with Gasteiger partial charge in [-0.25, -0.2) is 0 Å². The molecule has 0 N–H and O–H groups in total. The van der Waals surface area contributed by atoms with Gasteiger partial charge in [0.2, 0.25) is 0 Å². The van der Waals surface area contributed by atoms with E-state index in [0.29, 0.717) is 11.8 Å². The molecule has 0 heterocycles. The van der Waals surface area contributed by atoms with Crippen LogP contribution in [0.2, 0.25) is 0 Å². The van der Waals surface area contributed by atoms with Gasteiger partial charge in [-0.3, -0.25) is 0 Å². The van der Waals surface area contributed by atoms with Gasteiger partial charge in [0.15, 0.2) is 0 Å². The van der Waals surface area contributed by atoms with Gasteiger partial charge >= 0.3 is 30.2 Å². The molecule has 2 radical (unpaired) electrons. The molecule has 220 valence electrons. The molecule has 0 fully saturated rings. The van der Waals surface area contributed by atoms with Crippen molar-refractivity contribution >= 4 is 28.4 Å². The fourth-order valence-electron chi connectivity index (χ4n) is 4.92. The molecular formula is C40H46SiZr-6. The van der Waals surface area contributed by atoms with Crippen LogP contribution in [-0.2, 0) is 23.3 Å². The van der Waals surface area contributed by atoms with Crippen molar-refractivity contribution in [3.63, 3.8) is 0 Å². The summed E-state index contributed by atoms with van der Waals surface area (Å²) in [7, 11) is 0. The normalized spacial score (nSPS) is 9.74. The monoisotopic (exact) mass is 644 g/mol. The standard InChI is InChI=1S/2C18H17.4CH3.Si.Zr/c2*1-13(2)16-11-15-9-6-10-17(18(15)12-16)14-7-4-3-5-8-14;;;;;;/h2*3-13H,1-2H3;4*1H3;;/q6*-1;;. The Hall–Kier alpha value is -2.80. The van der Waals surface area contributed by atoms with Gasteiger partial charge < -0.3 is 29.7 Å². The van der Waals surface area contributed by atoms with Crippen LogP contribution in [0, 0.1) is 29.7 Å². The van der Waals surface area contributed by atoms with Gasteiger partial charge in [0.25, 0.3) is 0 Å². The van der Waals surface area contributed by atoms with E-state index in [9.17, 15) is 0 Å². The summed E-state index contributed by atoms with van der Waals surface area (Å²) in [6, 6.07) is 43.6. The van der Waals surface area contributed by atoms with Gasteiger partial charge in [-0.1, -0.05) is 112 Å². The Morgan fingerprint density at radius 1 is 0.476 bits per heavy atom. The van der Waals surface area contributed by atoms with E-state index in [1.54, 1.807) is 0 Å². The van der Waals surface area contributed by atoms with Crippen LogP contribution >= 0.6 is 0 Å². The molecule has 0 aliphatic rings. The van der Waals surface area contributed by atoms with Crippen molar-refractivity contribution in [2.75, 3.05) is 0 Å². The van der Waals surface area contributed by atoms with Gasteiger partial charge in [0.1, 0.15) is 0 Å². The Balaban J connectivity index is 0.000000694. The van der Waals surface area contributed by atoms with Crippen LogP contribution in [0.25, 0.3) is 43.8 Å². The van der Waals surface area contributed by atoms with Crippen molar-refractivity contribution in [3.05, 3.63) is 162 Å². The zero-order chi connectivity index (χ0) is 27.1. The van der Waals surface area contributed by atoms with E-state index in [-0.39, 0.29) is 29.7 Å². The molecule has 42 heavy (non-hydrogen) atoms. The molecule has 2 heteroatoms. The third-order valence-corrected chi connectivity index (χ3v) is 7.05. The molecule has 0 saturated carbocycles. The van der Waals surface area contributed by atoms with Gasteiger partial charge in [-0.05, 0) is 23.0 Å². The van der Waals surface area contributed by atoms with E-state index in [0.717, 1.165) is 0 Å². The van der Waals surface area contributed by atoms with Crippen LogP contribution in [-0.4, -0.2) is 6.88 Å². The first-order chi connectivity index (χ1) is 18.5. The maximum atomic E-state index is 3.06. The van der Waals surface area contributed by atoms with Crippen molar-refractivity contribution in [3.8, 4) is 22.3 Å². The van der Waals surface area contributed by atoms with E-state index in [1.807, 2.05) is 0 Å². The summed E-state index contributed by atoms with van der Waals surface area (Å²) in [4.78, 5) is 0. The molecule has 0 unspecified atom stereocenters. The molecule has 0 aromatic heterocycles. The number of benzene rings is 4. The zero-order valence-corrected chi connectivity index (χ0v) is 30.2. The van der Waals surface area contributed by atoms with E-state index < -0.39 is 0 Å². The fraction of sp³-hybridized carbons (Fsp3) is 0.150. The average Bonchev–Trinajstić information content (AvgIpc) is 3.61. The van der Waals surface area contributed by atoms with E-state index >= 15 is 0 Å². The fourth-order valence-corrected chi connectivity index (χ4v) is 4.92. The van der Waals surface area contributed by atoms with Crippen molar-refractivity contribution < 1.29 is 23.3 Å². The molecule has 6 aromatic rings. The Kier molecular flexibility index (Phi) is 17.4. The van der Waals surface area contributed by atoms with Crippen molar-refractivity contribution in [2.45, 2.75) is 39.5 Å². The van der Waals surface area contributed by atoms with Crippen molar-refractivity contribution in [2.24, 2.45) is 0 Å². The molecule has 0 nitrogen and oxygen atoms in total. The van der Waals surface area contributed by atoms with Gasteiger partial charge in [-0.2, -0.15) is 12.1 Å². The number of fused-ring (bicyclic) bond motifs is 2. The predicted octanol–water partition coefficient (Wildman–Crippen LogP) is 12.1. The Labute approximate surface area is 274 Å². The molecule has 0 aliphatic carbocycles. The molecule has 0 aliphatic heterocycles. The van der Waals surface area contributed by atoms with Crippen LogP contribution in [0.1, 0.15) is 50.7 Å². The molecule has 0 amide bonds. The van der Waals surface area contributed by atoms with Crippen LogP contribution in [0.4, 0.5) is 0 Å². The zero-order valence-electron chi connectivity index (χ0n) is 26.7. The van der Waals surface area contributed by atoms with Gasteiger partial charge in [0, 0.05) is 0 Å². The van der Waals surface area contributed by atoms with Crippen LogP contribution in [0.5, 0.6) is 0 Å². The second kappa shape index (κ2) is 18.7. The summed E-state index contributed by atoms with van der Waals surface area (Å²) in [5, 5.41) is 5.43. The van der Waals surface area contributed by atoms with E-state index in [4.69, 9.17) is 0 Å². The predicted molar refractivity (Wildman–Crippen MR) is 190 cm³/mol. The third kappa shape index (κ3) is 9.10. The number of rotatable bonds is 4. The van der Waals surface area contributed by atoms with E-state index in [1.165, 1.54) is 78.3 Å². The Morgan fingerprint density at radius 3 is 1.12 bits per heavy atom. The average molecular weight is 646 g/mol. The molecule has 0 saturated heterocycles. The maximum absolute atomic E-state index is 3.06. The SMILES string of the molecule is CC(C)c1cc2c(-c3ccccc3)cccc2[cH-]1.CC(C)c1cc2c(-c3ccccc3)cccc2[cH-]1.[CH3-].[CH3-].[CH3-].[CH3-].[Si]=[Zr]. The summed E-state index contributed by atoms with van der Waals surface area (Å²) in [6.45, 7) is 12.0. The Bertz CT molecular complexity index is 1470. The quantitative estimate of drug-likeness (QED) is 0.132. The van der Waals surface area contributed by atoms with Gasteiger partial charge in [-0.15, -0.1) is 69.1 Å². The van der Waals surface area contributed by atoms with Crippen molar-refractivity contribution in [1.82, 2.24) is 0 Å². The molecule has 0 atom stereocenters. The van der Waals surface area contributed by atoms with Gasteiger partial charge in [0.05, 0.1) is 0 Å². The molecule has 6 rings (SSSR count). The first kappa shape index (κ1) is 39.2. The first-order valence-corrected chi connectivity index (χ1v) is 17.4. The first-order valence-electron chi connectivity index (χ1n) is 13.3. The minimum absolute atomic E-state index is 0. The van der Waals surface area contributed by atoms with Crippen molar-refractivity contribution in [1.29, 1.82) is 0 Å². The topological polar surface area (TPSA) is 0 Å². The third-order valence-electron chi connectivity index (χ3n) is 7.05. The Morgan fingerprint density at radius 2 is 0.810 bits per heavy atom. The molecule has 0 bridgehead atoms. The molecular weight excluding hydrogens is 600 g/mol. The summed E-state index contributed by atoms with van der Waals surface area (Å²) in [6.07, 6.45) is 0.